The van der Waals surface area contributed by atoms with Crippen LogP contribution in [-0.4, -0.2) is 42.0 Å². The molecule has 1 aliphatic rings. The highest BCUT2D eigenvalue weighted by Crippen LogP contribution is 2.30. The van der Waals surface area contributed by atoms with Gasteiger partial charge in [-0.2, -0.15) is 13.2 Å². The molecule has 0 atom stereocenters. The summed E-state index contributed by atoms with van der Waals surface area (Å²) in [6, 6.07) is 2.00. The number of halogens is 3. The lowest BCUT2D eigenvalue weighted by molar-refractivity contribution is -0.137. The second-order valence-corrected chi connectivity index (χ2v) is 5.14. The van der Waals surface area contributed by atoms with Gasteiger partial charge in [-0.05, 0) is 18.6 Å². The van der Waals surface area contributed by atoms with E-state index in [0.717, 1.165) is 18.3 Å². The van der Waals surface area contributed by atoms with E-state index in [1.54, 1.807) is 9.80 Å². The highest BCUT2D eigenvalue weighted by atomic mass is 19.4. The zero-order chi connectivity index (χ0) is 16.3. The van der Waals surface area contributed by atoms with Crippen molar-refractivity contribution in [3.8, 4) is 0 Å². The molecule has 0 radical (unpaired) electrons. The van der Waals surface area contributed by atoms with Crippen LogP contribution < -0.4 is 4.90 Å². The molecule has 0 aromatic carbocycles. The Morgan fingerprint density at radius 3 is 2.50 bits per heavy atom. The Morgan fingerprint density at radius 2 is 1.95 bits per heavy atom. The molecule has 0 spiro atoms. The van der Waals surface area contributed by atoms with Gasteiger partial charge in [-0.15, -0.1) is 0 Å². The molecule has 22 heavy (non-hydrogen) atoms. The van der Waals surface area contributed by atoms with Crippen LogP contribution in [0.2, 0.25) is 0 Å². The molecule has 0 N–H and O–H groups in total. The van der Waals surface area contributed by atoms with Gasteiger partial charge in [0.15, 0.2) is 0 Å². The van der Waals surface area contributed by atoms with Gasteiger partial charge < -0.3 is 9.80 Å². The lowest BCUT2D eigenvalue weighted by Crippen LogP contribution is -2.49. The van der Waals surface area contributed by atoms with Crippen LogP contribution in [0.1, 0.15) is 18.9 Å². The molecule has 2 rings (SSSR count). The maximum absolute atomic E-state index is 12.7. The van der Waals surface area contributed by atoms with Crippen LogP contribution in [0.4, 0.5) is 19.0 Å². The van der Waals surface area contributed by atoms with Crippen molar-refractivity contribution in [2.45, 2.75) is 19.5 Å². The molecule has 1 saturated heterocycles. The predicted molar refractivity (Wildman–Crippen MR) is 77.5 cm³/mol. The van der Waals surface area contributed by atoms with Crippen molar-refractivity contribution in [2.75, 3.05) is 31.1 Å². The molecular weight excluding hydrogens is 295 g/mol. The van der Waals surface area contributed by atoms with Crippen LogP contribution in [0.5, 0.6) is 0 Å². The van der Waals surface area contributed by atoms with Crippen molar-refractivity contribution >= 4 is 11.7 Å². The summed E-state index contributed by atoms with van der Waals surface area (Å²) in [6.07, 6.45) is -2.63. The number of hydrogen-bond acceptors (Lipinski definition) is 3. The fraction of sp³-hybridized carbons (Fsp3) is 0.467. The molecule has 1 aromatic heterocycles. The number of anilines is 1. The van der Waals surface area contributed by atoms with Crippen molar-refractivity contribution in [1.29, 1.82) is 0 Å². The Hall–Kier alpha value is -2.05. The summed E-state index contributed by atoms with van der Waals surface area (Å²) in [5.74, 6) is 0.204. The van der Waals surface area contributed by atoms with Gasteiger partial charge in [0.1, 0.15) is 5.82 Å². The number of hydrogen-bond donors (Lipinski definition) is 0. The van der Waals surface area contributed by atoms with Crippen LogP contribution in [0.3, 0.4) is 0 Å². The molecular formula is C15H18F3N3O. The second-order valence-electron chi connectivity index (χ2n) is 5.14. The first-order valence-electron chi connectivity index (χ1n) is 7.08. The standard InChI is InChI=1S/C15H18F3N3O/c1-3-11(2)14(22)21-8-6-20(7-9-21)13-10-12(4-5-19-13)15(16,17)18/h4-5,10H,2-3,6-9H2,1H3. The van der Waals surface area contributed by atoms with Gasteiger partial charge in [-0.3, -0.25) is 4.79 Å². The molecule has 0 unspecified atom stereocenters. The summed E-state index contributed by atoms with van der Waals surface area (Å²) in [7, 11) is 0. The highest BCUT2D eigenvalue weighted by molar-refractivity contribution is 5.92. The van der Waals surface area contributed by atoms with E-state index in [4.69, 9.17) is 0 Å². The van der Waals surface area contributed by atoms with E-state index in [0.29, 0.717) is 38.2 Å². The number of carbonyl (C=O) groups is 1. The molecule has 1 aromatic rings. The van der Waals surface area contributed by atoms with E-state index in [-0.39, 0.29) is 11.7 Å². The SMILES string of the molecule is C=C(CC)C(=O)N1CCN(c2cc(C(F)(F)F)ccn2)CC1. The molecule has 1 aliphatic heterocycles. The smallest absolute Gasteiger partial charge is 0.353 e. The normalized spacial score (nSPS) is 15.8. The van der Waals surface area contributed by atoms with Crippen molar-refractivity contribution < 1.29 is 18.0 Å². The van der Waals surface area contributed by atoms with Gasteiger partial charge in [-0.25, -0.2) is 4.98 Å². The number of aromatic nitrogens is 1. The van der Waals surface area contributed by atoms with Crippen LogP contribution in [0, 0.1) is 0 Å². The third kappa shape index (κ3) is 3.58. The Balaban J connectivity index is 2.03. The van der Waals surface area contributed by atoms with Crippen molar-refractivity contribution in [3.05, 3.63) is 36.0 Å². The van der Waals surface area contributed by atoms with E-state index in [1.807, 2.05) is 6.92 Å². The van der Waals surface area contributed by atoms with Gasteiger partial charge in [0.05, 0.1) is 5.56 Å². The topological polar surface area (TPSA) is 36.4 Å². The molecule has 0 aliphatic carbocycles. The molecule has 0 saturated carbocycles. The third-order valence-electron chi connectivity index (χ3n) is 3.69. The Kier molecular flexibility index (Phi) is 4.73. The van der Waals surface area contributed by atoms with E-state index in [1.165, 1.54) is 0 Å². The van der Waals surface area contributed by atoms with Gasteiger partial charge in [0.2, 0.25) is 5.91 Å². The van der Waals surface area contributed by atoms with E-state index >= 15 is 0 Å². The zero-order valence-corrected chi connectivity index (χ0v) is 12.4. The van der Waals surface area contributed by atoms with Gasteiger partial charge in [0, 0.05) is 37.9 Å². The molecule has 0 bridgehead atoms. The average Bonchev–Trinajstić information content (AvgIpc) is 2.53. The zero-order valence-electron chi connectivity index (χ0n) is 12.4. The lowest BCUT2D eigenvalue weighted by Gasteiger charge is -2.35. The maximum Gasteiger partial charge on any atom is 0.416 e. The predicted octanol–water partition coefficient (Wildman–Crippen LogP) is 2.72. The molecule has 1 amide bonds. The summed E-state index contributed by atoms with van der Waals surface area (Å²) in [6.45, 7) is 7.41. The fourth-order valence-corrected chi connectivity index (χ4v) is 2.28. The number of alkyl halides is 3. The molecule has 120 valence electrons. The number of pyridine rings is 1. The number of piperazine rings is 1. The fourth-order valence-electron chi connectivity index (χ4n) is 2.28. The number of amides is 1. The monoisotopic (exact) mass is 313 g/mol. The molecule has 1 fully saturated rings. The van der Waals surface area contributed by atoms with Crippen molar-refractivity contribution in [1.82, 2.24) is 9.88 Å². The van der Waals surface area contributed by atoms with Crippen molar-refractivity contribution in [3.63, 3.8) is 0 Å². The quantitative estimate of drug-likeness (QED) is 0.805. The van der Waals surface area contributed by atoms with Gasteiger partial charge in [0.25, 0.3) is 0 Å². The average molecular weight is 313 g/mol. The minimum Gasteiger partial charge on any atom is -0.353 e. The van der Waals surface area contributed by atoms with E-state index < -0.39 is 11.7 Å². The molecule has 4 nitrogen and oxygen atoms in total. The van der Waals surface area contributed by atoms with Crippen LogP contribution >= 0.6 is 0 Å². The first-order valence-corrected chi connectivity index (χ1v) is 7.08. The number of carbonyl (C=O) groups excluding carboxylic acids is 1. The minimum absolute atomic E-state index is 0.0841. The van der Waals surface area contributed by atoms with Gasteiger partial charge in [-0.1, -0.05) is 13.5 Å². The van der Waals surface area contributed by atoms with Crippen LogP contribution in [0.25, 0.3) is 0 Å². The van der Waals surface area contributed by atoms with Crippen molar-refractivity contribution in [2.24, 2.45) is 0 Å². The number of rotatable bonds is 3. The second kappa shape index (κ2) is 6.37. The van der Waals surface area contributed by atoms with Crippen LogP contribution in [0.15, 0.2) is 30.5 Å². The number of nitrogens with zero attached hydrogens (tertiary/aromatic N) is 3. The Morgan fingerprint density at radius 1 is 1.32 bits per heavy atom. The lowest BCUT2D eigenvalue weighted by atomic mass is 10.2. The largest absolute Gasteiger partial charge is 0.416 e. The highest BCUT2D eigenvalue weighted by Gasteiger charge is 2.31. The maximum atomic E-state index is 12.7. The van der Waals surface area contributed by atoms with E-state index in [9.17, 15) is 18.0 Å². The minimum atomic E-state index is -4.38. The molecule has 2 heterocycles. The summed E-state index contributed by atoms with van der Waals surface area (Å²) in [5, 5.41) is 0. The summed E-state index contributed by atoms with van der Waals surface area (Å²) in [4.78, 5) is 19.4. The Labute approximate surface area is 127 Å². The molecule has 7 heteroatoms. The third-order valence-corrected chi connectivity index (χ3v) is 3.69. The van der Waals surface area contributed by atoms with Gasteiger partial charge >= 0.3 is 6.18 Å². The first-order chi connectivity index (χ1) is 10.3. The first kappa shape index (κ1) is 16.3. The summed E-state index contributed by atoms with van der Waals surface area (Å²) >= 11 is 0. The Bertz CT molecular complexity index is 563. The van der Waals surface area contributed by atoms with Crippen LogP contribution in [-0.2, 0) is 11.0 Å². The summed E-state index contributed by atoms with van der Waals surface area (Å²) in [5.41, 5.74) is -0.166. The summed E-state index contributed by atoms with van der Waals surface area (Å²) < 4.78 is 38.2. The van der Waals surface area contributed by atoms with E-state index in [2.05, 4.69) is 11.6 Å².